The molecule has 0 aliphatic carbocycles. The van der Waals surface area contributed by atoms with Crippen LogP contribution in [0.4, 0.5) is 0 Å². The van der Waals surface area contributed by atoms with Crippen LogP contribution in [0.15, 0.2) is 12.2 Å². The number of carbonyl (C=O) groups excluding carboxylic acids is 2. The number of ether oxygens (including phenoxy) is 2. The summed E-state index contributed by atoms with van der Waals surface area (Å²) in [4.78, 5) is 34.6. The molecule has 0 radical (unpaired) electrons. The van der Waals surface area contributed by atoms with Crippen LogP contribution < -0.4 is 5.73 Å². The van der Waals surface area contributed by atoms with E-state index in [4.69, 9.17) is 24.3 Å². The summed E-state index contributed by atoms with van der Waals surface area (Å²) in [5.41, 5.74) is 5.32. The van der Waals surface area contributed by atoms with E-state index >= 15 is 0 Å². The molecule has 0 bridgehead atoms. The van der Waals surface area contributed by atoms with Gasteiger partial charge in [-0.15, -0.1) is 0 Å². The Morgan fingerprint density at radius 1 is 0.630 bits per heavy atom. The Morgan fingerprint density at radius 2 is 1.07 bits per heavy atom. The lowest BCUT2D eigenvalue weighted by Gasteiger charge is -2.19. The molecule has 3 N–H and O–H groups in total. The number of hydrogen-bond donors (Lipinski definition) is 2. The summed E-state index contributed by atoms with van der Waals surface area (Å²) in [6, 6.07) is 0. The van der Waals surface area contributed by atoms with E-state index in [1.165, 1.54) is 89.9 Å². The summed E-state index contributed by atoms with van der Waals surface area (Å²) >= 11 is 0. The lowest BCUT2D eigenvalue weighted by molar-refractivity contribution is -0.161. The van der Waals surface area contributed by atoms with Crippen LogP contribution in [0, 0.1) is 0 Å². The number of carbonyl (C=O) groups is 2. The van der Waals surface area contributed by atoms with Gasteiger partial charge in [-0.05, 0) is 38.5 Å². The van der Waals surface area contributed by atoms with Crippen molar-refractivity contribution in [1.82, 2.24) is 0 Å². The molecule has 0 spiro atoms. The van der Waals surface area contributed by atoms with E-state index in [9.17, 15) is 19.0 Å². The molecule has 0 heterocycles. The fraction of sp³-hybridized carbons (Fsp3) is 0.889. The van der Waals surface area contributed by atoms with E-state index in [2.05, 4.69) is 26.0 Å². The summed E-state index contributed by atoms with van der Waals surface area (Å²) < 4.78 is 32.6. The van der Waals surface area contributed by atoms with Crippen molar-refractivity contribution in [2.24, 2.45) is 5.73 Å². The Labute approximate surface area is 281 Å². The first-order valence-electron chi connectivity index (χ1n) is 18.7. The zero-order valence-electron chi connectivity index (χ0n) is 29.6. The molecule has 0 aromatic heterocycles. The minimum Gasteiger partial charge on any atom is -0.462 e. The van der Waals surface area contributed by atoms with Crippen LogP contribution in [-0.4, -0.2) is 49.3 Å². The summed E-state index contributed by atoms with van der Waals surface area (Å²) in [6.07, 6.45) is 31.0. The van der Waals surface area contributed by atoms with Gasteiger partial charge in [0.25, 0.3) is 0 Å². The Morgan fingerprint density at radius 3 is 1.54 bits per heavy atom. The molecule has 0 aromatic rings. The van der Waals surface area contributed by atoms with E-state index in [1.54, 1.807) is 0 Å². The van der Waals surface area contributed by atoms with Crippen LogP contribution in [0.2, 0.25) is 0 Å². The summed E-state index contributed by atoms with van der Waals surface area (Å²) in [7, 11) is -4.36. The minimum atomic E-state index is -4.36. The average Bonchev–Trinajstić information content (AvgIpc) is 3.04. The summed E-state index contributed by atoms with van der Waals surface area (Å²) in [5.74, 6) is -0.835. The van der Waals surface area contributed by atoms with Gasteiger partial charge in [-0.3, -0.25) is 18.6 Å². The first kappa shape index (κ1) is 44.8. The first-order chi connectivity index (χ1) is 22.3. The molecule has 46 heavy (non-hydrogen) atoms. The molecule has 0 fully saturated rings. The maximum atomic E-state index is 12.5. The molecular formula is C36H70NO8P. The summed E-state index contributed by atoms with van der Waals surface area (Å²) in [6.45, 7) is 3.70. The van der Waals surface area contributed by atoms with Crippen molar-refractivity contribution in [1.29, 1.82) is 0 Å². The Balaban J connectivity index is 4.23. The number of esters is 2. The topological polar surface area (TPSA) is 134 Å². The highest BCUT2D eigenvalue weighted by molar-refractivity contribution is 7.47. The molecule has 0 rings (SSSR count). The van der Waals surface area contributed by atoms with Gasteiger partial charge in [0.1, 0.15) is 6.61 Å². The van der Waals surface area contributed by atoms with Crippen molar-refractivity contribution >= 4 is 19.8 Å². The van der Waals surface area contributed by atoms with E-state index in [0.717, 1.165) is 51.4 Å². The third-order valence-corrected chi connectivity index (χ3v) is 8.89. The minimum absolute atomic E-state index is 0.0548. The third kappa shape index (κ3) is 32.7. The van der Waals surface area contributed by atoms with Crippen molar-refractivity contribution in [3.63, 3.8) is 0 Å². The fourth-order valence-electron chi connectivity index (χ4n) is 5.10. The Kier molecular flexibility index (Phi) is 32.7. The van der Waals surface area contributed by atoms with E-state index < -0.39 is 26.5 Å². The highest BCUT2D eigenvalue weighted by Crippen LogP contribution is 2.43. The number of unbranched alkanes of at least 4 members (excludes halogenated alkanes) is 20. The van der Waals surface area contributed by atoms with Gasteiger partial charge in [-0.25, -0.2) is 4.57 Å². The lowest BCUT2D eigenvalue weighted by Crippen LogP contribution is -2.29. The quantitative estimate of drug-likeness (QED) is 0.0291. The van der Waals surface area contributed by atoms with Gasteiger partial charge < -0.3 is 20.1 Å². The van der Waals surface area contributed by atoms with Crippen LogP contribution in [0.3, 0.4) is 0 Å². The highest BCUT2D eigenvalue weighted by atomic mass is 31.2. The second-order valence-electron chi connectivity index (χ2n) is 12.4. The second-order valence-corrected chi connectivity index (χ2v) is 13.9. The number of allylic oxidation sites excluding steroid dienone is 2. The Bertz CT molecular complexity index is 779. The number of hydrogen-bond acceptors (Lipinski definition) is 8. The molecule has 10 heteroatoms. The molecule has 0 saturated carbocycles. The van der Waals surface area contributed by atoms with Gasteiger partial charge >= 0.3 is 19.8 Å². The molecule has 0 saturated heterocycles. The van der Waals surface area contributed by atoms with Crippen LogP contribution in [-0.2, 0) is 32.7 Å². The van der Waals surface area contributed by atoms with Crippen molar-refractivity contribution in [3.8, 4) is 0 Å². The smallest absolute Gasteiger partial charge is 0.462 e. The van der Waals surface area contributed by atoms with E-state index in [1.807, 2.05) is 0 Å². The molecule has 0 aliphatic rings. The number of phosphoric ester groups is 1. The first-order valence-corrected chi connectivity index (χ1v) is 20.2. The van der Waals surface area contributed by atoms with Gasteiger partial charge in [0.15, 0.2) is 6.10 Å². The zero-order valence-corrected chi connectivity index (χ0v) is 30.5. The molecule has 272 valence electrons. The third-order valence-electron chi connectivity index (χ3n) is 7.90. The molecule has 0 amide bonds. The monoisotopic (exact) mass is 675 g/mol. The number of nitrogens with two attached hydrogens (primary N) is 1. The molecule has 9 nitrogen and oxygen atoms in total. The molecule has 0 aliphatic heterocycles. The maximum absolute atomic E-state index is 12.5. The largest absolute Gasteiger partial charge is 0.472 e. The zero-order chi connectivity index (χ0) is 34.0. The van der Waals surface area contributed by atoms with Gasteiger partial charge in [0, 0.05) is 19.4 Å². The molecule has 0 aromatic carbocycles. The van der Waals surface area contributed by atoms with E-state index in [0.29, 0.717) is 6.42 Å². The van der Waals surface area contributed by atoms with Crippen molar-refractivity contribution in [2.45, 2.75) is 180 Å². The van der Waals surface area contributed by atoms with Crippen molar-refractivity contribution in [2.75, 3.05) is 26.4 Å². The second kappa shape index (κ2) is 33.6. The standard InChI is InChI=1S/C36H70NO8P/c1-3-5-7-9-11-13-15-16-17-19-20-22-24-26-28-35(38)42-32-34(33-44-46(40,41)43-31-30-37)45-36(39)29-27-25-23-21-18-14-12-10-8-6-4-2/h15-16,34H,3-14,17-33,37H2,1-2H3,(H,40,41)/b16-15-/t34-/m1/s1. The van der Waals surface area contributed by atoms with Gasteiger partial charge in [0.05, 0.1) is 13.2 Å². The van der Waals surface area contributed by atoms with Crippen molar-refractivity contribution in [3.05, 3.63) is 12.2 Å². The normalized spacial score (nSPS) is 13.6. The van der Waals surface area contributed by atoms with Crippen LogP contribution in [0.25, 0.3) is 0 Å². The van der Waals surface area contributed by atoms with Crippen LogP contribution in [0.5, 0.6) is 0 Å². The Hall–Kier alpha value is -1.25. The lowest BCUT2D eigenvalue weighted by atomic mass is 10.1. The van der Waals surface area contributed by atoms with Gasteiger partial charge in [-0.1, -0.05) is 135 Å². The molecular weight excluding hydrogens is 605 g/mol. The summed E-state index contributed by atoms with van der Waals surface area (Å²) in [5, 5.41) is 0. The van der Waals surface area contributed by atoms with Gasteiger partial charge in [0.2, 0.25) is 0 Å². The van der Waals surface area contributed by atoms with E-state index in [-0.39, 0.29) is 38.6 Å². The maximum Gasteiger partial charge on any atom is 0.472 e. The average molecular weight is 676 g/mol. The highest BCUT2D eigenvalue weighted by Gasteiger charge is 2.25. The van der Waals surface area contributed by atoms with Crippen LogP contribution >= 0.6 is 7.82 Å². The van der Waals surface area contributed by atoms with Crippen molar-refractivity contribution < 1.29 is 37.6 Å². The number of phosphoric acid groups is 1. The SMILES string of the molecule is CCCCCCC/C=C\CCCCCCCC(=O)OC[C@H](COP(=O)(O)OCCN)OC(=O)CCCCCCCCCCCCC. The fourth-order valence-corrected chi connectivity index (χ4v) is 5.86. The predicted octanol–water partition coefficient (Wildman–Crippen LogP) is 9.88. The number of rotatable bonds is 35. The van der Waals surface area contributed by atoms with Crippen LogP contribution in [0.1, 0.15) is 174 Å². The molecule has 2 atom stereocenters. The predicted molar refractivity (Wildman–Crippen MR) is 188 cm³/mol. The molecule has 1 unspecified atom stereocenters. The van der Waals surface area contributed by atoms with Gasteiger partial charge in [-0.2, -0.15) is 0 Å².